The summed E-state index contributed by atoms with van der Waals surface area (Å²) in [5.74, 6) is 2.09. The number of aryl methyl sites for hydroxylation is 1. The largest absolute Gasteiger partial charge is 0.356 e. The Morgan fingerprint density at radius 2 is 2.15 bits per heavy atom. The van der Waals surface area contributed by atoms with Gasteiger partial charge in [-0.1, -0.05) is 6.07 Å². The van der Waals surface area contributed by atoms with Gasteiger partial charge in [0.15, 0.2) is 0 Å². The number of hydrogen-bond donors (Lipinski definition) is 2. The van der Waals surface area contributed by atoms with Crippen molar-refractivity contribution < 1.29 is 4.79 Å². The summed E-state index contributed by atoms with van der Waals surface area (Å²) < 4.78 is 0. The Bertz CT molecular complexity index is 802. The molecule has 7 heteroatoms. The molecule has 2 aliphatic rings. The third-order valence-electron chi connectivity index (χ3n) is 5.36. The Kier molecular flexibility index (Phi) is 5.29. The summed E-state index contributed by atoms with van der Waals surface area (Å²) in [6, 6.07) is 5.75. The fourth-order valence-corrected chi connectivity index (χ4v) is 3.90. The first-order valence-corrected chi connectivity index (χ1v) is 9.70. The highest BCUT2D eigenvalue weighted by atomic mass is 16.1. The third-order valence-corrected chi connectivity index (χ3v) is 5.36. The van der Waals surface area contributed by atoms with Gasteiger partial charge in [-0.3, -0.25) is 9.78 Å². The Hall–Kier alpha value is -2.54. The van der Waals surface area contributed by atoms with E-state index >= 15 is 0 Å². The van der Waals surface area contributed by atoms with Crippen molar-refractivity contribution in [2.45, 2.75) is 39.3 Å². The van der Waals surface area contributed by atoms with E-state index in [1.807, 2.05) is 25.1 Å². The lowest BCUT2D eigenvalue weighted by Crippen LogP contribution is -2.41. The van der Waals surface area contributed by atoms with Crippen molar-refractivity contribution in [3.8, 4) is 0 Å². The number of anilines is 1. The van der Waals surface area contributed by atoms with Crippen LogP contribution >= 0.6 is 0 Å². The van der Waals surface area contributed by atoms with Gasteiger partial charge in [0.05, 0.1) is 17.9 Å². The Morgan fingerprint density at radius 3 is 2.93 bits per heavy atom. The Balaban J connectivity index is 1.36. The molecule has 142 valence electrons. The van der Waals surface area contributed by atoms with Crippen molar-refractivity contribution in [2.75, 3.05) is 24.5 Å². The van der Waals surface area contributed by atoms with Crippen LogP contribution in [-0.4, -0.2) is 40.5 Å². The maximum Gasteiger partial charge on any atom is 0.223 e. The van der Waals surface area contributed by atoms with E-state index in [0.29, 0.717) is 6.54 Å². The zero-order valence-corrected chi connectivity index (χ0v) is 15.7. The Labute approximate surface area is 159 Å². The number of hydrogen-bond acceptors (Lipinski definition) is 6. The van der Waals surface area contributed by atoms with Gasteiger partial charge in [0.25, 0.3) is 0 Å². The molecule has 2 aromatic heterocycles. The average Bonchev–Trinajstić information content (AvgIpc) is 2.72. The fourth-order valence-electron chi connectivity index (χ4n) is 3.90. The van der Waals surface area contributed by atoms with E-state index < -0.39 is 0 Å². The minimum atomic E-state index is 0.0605. The third kappa shape index (κ3) is 4.08. The van der Waals surface area contributed by atoms with E-state index in [2.05, 4.69) is 25.5 Å². The number of carbonyl (C=O) groups excluding carboxylic acids is 1. The number of amides is 1. The van der Waals surface area contributed by atoms with Gasteiger partial charge in [-0.15, -0.1) is 0 Å². The molecule has 4 heterocycles. The Morgan fingerprint density at radius 1 is 1.30 bits per heavy atom. The van der Waals surface area contributed by atoms with Gasteiger partial charge >= 0.3 is 0 Å². The van der Waals surface area contributed by atoms with E-state index in [-0.39, 0.29) is 11.8 Å². The molecule has 0 atom stereocenters. The lowest BCUT2D eigenvalue weighted by molar-refractivity contribution is -0.125. The molecule has 2 aliphatic heterocycles. The van der Waals surface area contributed by atoms with Crippen LogP contribution in [0.3, 0.4) is 0 Å². The molecule has 0 spiro atoms. The summed E-state index contributed by atoms with van der Waals surface area (Å²) in [6.07, 6.45) is 4.42. The van der Waals surface area contributed by atoms with E-state index in [9.17, 15) is 4.79 Å². The summed E-state index contributed by atoms with van der Waals surface area (Å²) in [7, 11) is 0. The van der Waals surface area contributed by atoms with Gasteiger partial charge in [0, 0.05) is 37.3 Å². The number of carbonyl (C=O) groups is 1. The number of nitrogens with zero attached hydrogens (tertiary/aromatic N) is 4. The van der Waals surface area contributed by atoms with Crippen LogP contribution in [-0.2, 0) is 24.3 Å². The number of pyridine rings is 1. The normalized spacial score (nSPS) is 17.4. The van der Waals surface area contributed by atoms with E-state index in [1.54, 1.807) is 6.20 Å². The molecule has 4 rings (SSSR count). The van der Waals surface area contributed by atoms with Gasteiger partial charge < -0.3 is 15.5 Å². The SMILES string of the molecule is Cc1nc2c(c(N3CCC(C(=O)NCc4ccccn4)CC3)n1)CCNC2. The van der Waals surface area contributed by atoms with Gasteiger partial charge in [-0.25, -0.2) is 9.97 Å². The van der Waals surface area contributed by atoms with Crippen LogP contribution < -0.4 is 15.5 Å². The highest BCUT2D eigenvalue weighted by Gasteiger charge is 2.28. The van der Waals surface area contributed by atoms with Crippen LogP contribution in [0.5, 0.6) is 0 Å². The standard InChI is InChI=1S/C20H26N6O/c1-14-24-18-13-21-9-5-17(18)19(25-14)26-10-6-15(7-11-26)20(27)23-12-16-4-2-3-8-22-16/h2-4,8,15,21H,5-7,9-13H2,1H3,(H,23,27). The molecule has 0 unspecified atom stereocenters. The van der Waals surface area contributed by atoms with E-state index in [0.717, 1.165) is 68.5 Å². The number of rotatable bonds is 4. The summed E-state index contributed by atoms with van der Waals surface area (Å²) in [5, 5.41) is 6.41. The monoisotopic (exact) mass is 366 g/mol. The van der Waals surface area contributed by atoms with Crippen LogP contribution in [0.15, 0.2) is 24.4 Å². The lowest BCUT2D eigenvalue weighted by Gasteiger charge is -2.34. The van der Waals surface area contributed by atoms with Crippen LogP contribution in [0, 0.1) is 12.8 Å². The minimum Gasteiger partial charge on any atom is -0.356 e. The molecular weight excluding hydrogens is 340 g/mol. The smallest absolute Gasteiger partial charge is 0.223 e. The van der Waals surface area contributed by atoms with Crippen molar-refractivity contribution in [3.05, 3.63) is 47.2 Å². The van der Waals surface area contributed by atoms with Gasteiger partial charge in [0.2, 0.25) is 5.91 Å². The van der Waals surface area contributed by atoms with Crippen LogP contribution in [0.1, 0.15) is 35.6 Å². The molecule has 1 amide bonds. The molecule has 0 aliphatic carbocycles. The topological polar surface area (TPSA) is 83.0 Å². The van der Waals surface area contributed by atoms with E-state index in [4.69, 9.17) is 4.98 Å². The highest BCUT2D eigenvalue weighted by Crippen LogP contribution is 2.28. The summed E-state index contributed by atoms with van der Waals surface area (Å²) in [4.78, 5) is 28.4. The number of piperidine rings is 1. The second kappa shape index (κ2) is 8.00. The first-order chi connectivity index (χ1) is 13.2. The summed E-state index contributed by atoms with van der Waals surface area (Å²) in [5.41, 5.74) is 3.29. The lowest BCUT2D eigenvalue weighted by atomic mass is 9.95. The quantitative estimate of drug-likeness (QED) is 0.850. The molecular formula is C20H26N6O. The number of fused-ring (bicyclic) bond motifs is 1. The predicted octanol–water partition coefficient (Wildman–Crippen LogP) is 1.36. The van der Waals surface area contributed by atoms with Crippen molar-refractivity contribution in [3.63, 3.8) is 0 Å². The molecule has 0 radical (unpaired) electrons. The highest BCUT2D eigenvalue weighted by molar-refractivity contribution is 5.79. The fraction of sp³-hybridized carbons (Fsp3) is 0.500. The zero-order valence-electron chi connectivity index (χ0n) is 15.7. The van der Waals surface area contributed by atoms with Crippen molar-refractivity contribution >= 4 is 11.7 Å². The minimum absolute atomic E-state index is 0.0605. The molecule has 1 saturated heterocycles. The molecule has 7 nitrogen and oxygen atoms in total. The first-order valence-electron chi connectivity index (χ1n) is 9.70. The van der Waals surface area contributed by atoms with Crippen LogP contribution in [0.4, 0.5) is 5.82 Å². The molecule has 0 aromatic carbocycles. The summed E-state index contributed by atoms with van der Waals surface area (Å²) in [6.45, 7) is 5.95. The molecule has 0 bridgehead atoms. The van der Waals surface area contributed by atoms with E-state index in [1.165, 1.54) is 5.56 Å². The zero-order chi connectivity index (χ0) is 18.6. The first kappa shape index (κ1) is 17.9. The van der Waals surface area contributed by atoms with Crippen molar-refractivity contribution in [1.29, 1.82) is 0 Å². The number of nitrogens with one attached hydrogen (secondary N) is 2. The van der Waals surface area contributed by atoms with Gasteiger partial charge in [-0.2, -0.15) is 0 Å². The van der Waals surface area contributed by atoms with Crippen LogP contribution in [0.2, 0.25) is 0 Å². The maximum absolute atomic E-state index is 12.5. The van der Waals surface area contributed by atoms with Gasteiger partial charge in [0.1, 0.15) is 11.6 Å². The molecule has 0 saturated carbocycles. The molecule has 27 heavy (non-hydrogen) atoms. The average molecular weight is 366 g/mol. The molecule has 1 fully saturated rings. The second-order valence-electron chi connectivity index (χ2n) is 7.25. The van der Waals surface area contributed by atoms with Crippen molar-refractivity contribution in [1.82, 2.24) is 25.6 Å². The van der Waals surface area contributed by atoms with Crippen LogP contribution in [0.25, 0.3) is 0 Å². The molecule has 2 aromatic rings. The summed E-state index contributed by atoms with van der Waals surface area (Å²) >= 11 is 0. The van der Waals surface area contributed by atoms with Crippen molar-refractivity contribution in [2.24, 2.45) is 5.92 Å². The van der Waals surface area contributed by atoms with Gasteiger partial charge in [-0.05, 0) is 44.9 Å². The molecule has 2 N–H and O–H groups in total. The second-order valence-corrected chi connectivity index (χ2v) is 7.25. The maximum atomic E-state index is 12.5. The number of aromatic nitrogens is 3. The predicted molar refractivity (Wildman–Crippen MR) is 103 cm³/mol.